The Balaban J connectivity index is 1.71. The second-order valence-electron chi connectivity index (χ2n) is 6.31. The van der Waals surface area contributed by atoms with E-state index in [1.165, 1.54) is 0 Å². The molecular weight excluding hydrogens is 386 g/mol. The monoisotopic (exact) mass is 409 g/mol. The number of fused-ring (bicyclic) bond motifs is 1. The smallest absolute Gasteiger partial charge is 0.268 e. The molecule has 1 amide bonds. The standard InChI is InChI=1S/C18H24BrN3O3/c1-3-6-21-7-4-13(5-8-21)20-18(23)15-11-16-14(12-17(19)25-16)22(15)9-10-24-2/h3,11-13H,1,4-10H2,2H3,(H,20,23). The van der Waals surface area contributed by atoms with E-state index in [4.69, 9.17) is 9.15 Å². The topological polar surface area (TPSA) is 59.6 Å². The molecule has 136 valence electrons. The fraction of sp³-hybridized carbons (Fsp3) is 0.500. The molecule has 1 aliphatic heterocycles. The zero-order valence-electron chi connectivity index (χ0n) is 14.5. The minimum atomic E-state index is -0.0548. The van der Waals surface area contributed by atoms with Crippen LogP contribution >= 0.6 is 15.9 Å². The van der Waals surface area contributed by atoms with Crippen LogP contribution in [0.1, 0.15) is 23.3 Å². The summed E-state index contributed by atoms with van der Waals surface area (Å²) in [6.45, 7) is 7.79. The fourth-order valence-electron chi connectivity index (χ4n) is 3.32. The minimum Gasteiger partial charge on any atom is -0.448 e. The van der Waals surface area contributed by atoms with Gasteiger partial charge < -0.3 is 19.0 Å². The quantitative estimate of drug-likeness (QED) is 0.713. The van der Waals surface area contributed by atoms with Gasteiger partial charge in [0.1, 0.15) is 5.69 Å². The van der Waals surface area contributed by atoms with E-state index in [0.717, 1.165) is 38.0 Å². The lowest BCUT2D eigenvalue weighted by Gasteiger charge is -2.31. The summed E-state index contributed by atoms with van der Waals surface area (Å²) >= 11 is 3.34. The number of methoxy groups -OCH3 is 1. The summed E-state index contributed by atoms with van der Waals surface area (Å²) in [5.74, 6) is -0.0548. The van der Waals surface area contributed by atoms with Crippen molar-refractivity contribution >= 4 is 32.9 Å². The Morgan fingerprint density at radius 2 is 2.24 bits per heavy atom. The van der Waals surface area contributed by atoms with Crippen LogP contribution in [0.3, 0.4) is 0 Å². The van der Waals surface area contributed by atoms with E-state index in [1.807, 2.05) is 16.7 Å². The highest BCUT2D eigenvalue weighted by Crippen LogP contribution is 2.27. The van der Waals surface area contributed by atoms with E-state index in [-0.39, 0.29) is 11.9 Å². The second kappa shape index (κ2) is 8.21. The Bertz CT molecular complexity index is 744. The van der Waals surface area contributed by atoms with Crippen molar-refractivity contribution < 1.29 is 13.9 Å². The molecule has 3 heterocycles. The molecule has 0 aliphatic carbocycles. The number of furan rings is 1. The van der Waals surface area contributed by atoms with E-state index < -0.39 is 0 Å². The maximum atomic E-state index is 12.8. The molecule has 0 atom stereocenters. The van der Waals surface area contributed by atoms with Crippen molar-refractivity contribution in [2.24, 2.45) is 0 Å². The molecule has 7 heteroatoms. The predicted octanol–water partition coefficient (Wildman–Crippen LogP) is 3.02. The van der Waals surface area contributed by atoms with Crippen LogP contribution in [0.2, 0.25) is 0 Å². The first-order chi connectivity index (χ1) is 12.1. The molecule has 1 saturated heterocycles. The molecule has 1 fully saturated rings. The lowest BCUT2D eigenvalue weighted by molar-refractivity contribution is 0.0902. The summed E-state index contributed by atoms with van der Waals surface area (Å²) in [5, 5.41) is 3.17. The molecule has 6 nitrogen and oxygen atoms in total. The van der Waals surface area contributed by atoms with Crippen molar-refractivity contribution in [1.29, 1.82) is 0 Å². The number of nitrogens with one attached hydrogen (secondary N) is 1. The highest BCUT2D eigenvalue weighted by atomic mass is 79.9. The van der Waals surface area contributed by atoms with Gasteiger partial charge in [-0.2, -0.15) is 0 Å². The van der Waals surface area contributed by atoms with Gasteiger partial charge >= 0.3 is 0 Å². The summed E-state index contributed by atoms with van der Waals surface area (Å²) in [6, 6.07) is 3.89. The average molecular weight is 410 g/mol. The zero-order chi connectivity index (χ0) is 17.8. The van der Waals surface area contributed by atoms with Crippen molar-refractivity contribution in [1.82, 2.24) is 14.8 Å². The number of rotatable bonds is 7. The molecule has 0 bridgehead atoms. The van der Waals surface area contributed by atoms with Crippen molar-refractivity contribution in [2.75, 3.05) is 33.4 Å². The number of aromatic nitrogens is 1. The van der Waals surface area contributed by atoms with Gasteiger partial charge in [0.15, 0.2) is 10.3 Å². The number of carbonyl (C=O) groups excluding carboxylic acids is 1. The van der Waals surface area contributed by atoms with Crippen LogP contribution in [-0.2, 0) is 11.3 Å². The third-order valence-electron chi connectivity index (χ3n) is 4.62. The van der Waals surface area contributed by atoms with Gasteiger partial charge in [-0.25, -0.2) is 0 Å². The largest absolute Gasteiger partial charge is 0.448 e. The third-order valence-corrected chi connectivity index (χ3v) is 5.01. The molecule has 0 spiro atoms. The van der Waals surface area contributed by atoms with Crippen molar-refractivity contribution in [3.8, 4) is 0 Å². The van der Waals surface area contributed by atoms with Crippen LogP contribution in [-0.4, -0.2) is 54.8 Å². The zero-order valence-corrected chi connectivity index (χ0v) is 16.0. The molecule has 0 unspecified atom stereocenters. The molecule has 0 saturated carbocycles. The molecule has 0 radical (unpaired) electrons. The van der Waals surface area contributed by atoms with Gasteiger partial charge in [0.2, 0.25) is 0 Å². The second-order valence-corrected chi connectivity index (χ2v) is 7.09. The van der Waals surface area contributed by atoms with Gasteiger partial charge in [-0.1, -0.05) is 6.08 Å². The van der Waals surface area contributed by atoms with Crippen molar-refractivity contribution in [2.45, 2.75) is 25.4 Å². The maximum absolute atomic E-state index is 12.8. The van der Waals surface area contributed by atoms with Crippen LogP contribution < -0.4 is 5.32 Å². The molecule has 1 aliphatic rings. The number of carbonyl (C=O) groups is 1. The van der Waals surface area contributed by atoms with Gasteiger partial charge in [0.25, 0.3) is 5.91 Å². The van der Waals surface area contributed by atoms with E-state index in [2.05, 4.69) is 32.7 Å². The minimum absolute atomic E-state index is 0.0548. The Labute approximate surface area is 155 Å². The first-order valence-corrected chi connectivity index (χ1v) is 9.33. The summed E-state index contributed by atoms with van der Waals surface area (Å²) in [4.78, 5) is 15.1. The fourth-order valence-corrected chi connectivity index (χ4v) is 3.72. The lowest BCUT2D eigenvalue weighted by Crippen LogP contribution is -2.45. The number of piperidine rings is 1. The first kappa shape index (κ1) is 18.2. The van der Waals surface area contributed by atoms with Crippen molar-refractivity contribution in [3.05, 3.63) is 35.2 Å². The Morgan fingerprint density at radius 3 is 2.92 bits per heavy atom. The van der Waals surface area contributed by atoms with E-state index in [1.54, 1.807) is 13.2 Å². The van der Waals surface area contributed by atoms with Crippen LogP contribution in [0.25, 0.3) is 11.1 Å². The third kappa shape index (κ3) is 4.16. The van der Waals surface area contributed by atoms with E-state index >= 15 is 0 Å². The summed E-state index contributed by atoms with van der Waals surface area (Å²) < 4.78 is 13.4. The normalized spacial score (nSPS) is 16.4. The molecule has 1 N–H and O–H groups in total. The molecule has 2 aromatic heterocycles. The van der Waals surface area contributed by atoms with E-state index in [0.29, 0.717) is 29.1 Å². The number of nitrogens with zero attached hydrogens (tertiary/aromatic N) is 2. The average Bonchev–Trinajstić information content (AvgIpc) is 3.11. The summed E-state index contributed by atoms with van der Waals surface area (Å²) in [6.07, 6.45) is 3.84. The molecule has 25 heavy (non-hydrogen) atoms. The molecule has 2 aromatic rings. The molecule has 3 rings (SSSR count). The first-order valence-electron chi connectivity index (χ1n) is 8.54. The number of hydrogen-bond acceptors (Lipinski definition) is 4. The van der Waals surface area contributed by atoms with E-state index in [9.17, 15) is 4.79 Å². The molecular formula is C18H24BrN3O3. The van der Waals surface area contributed by atoms with Crippen LogP contribution in [0.5, 0.6) is 0 Å². The van der Waals surface area contributed by atoms with Crippen LogP contribution in [0.15, 0.2) is 33.9 Å². The number of halogens is 1. The maximum Gasteiger partial charge on any atom is 0.268 e. The number of likely N-dealkylation sites (tertiary alicyclic amines) is 1. The highest BCUT2D eigenvalue weighted by Gasteiger charge is 2.23. The Morgan fingerprint density at radius 1 is 1.48 bits per heavy atom. The Hall–Kier alpha value is -1.57. The van der Waals surface area contributed by atoms with Gasteiger partial charge in [-0.05, 0) is 28.8 Å². The SMILES string of the molecule is C=CCN1CCC(NC(=O)c2cc3oc(Br)cc3n2CCOC)CC1. The number of amides is 1. The summed E-state index contributed by atoms with van der Waals surface area (Å²) in [5.41, 5.74) is 2.22. The number of ether oxygens (including phenoxy) is 1. The van der Waals surface area contributed by atoms with Gasteiger partial charge in [0, 0.05) is 51.5 Å². The highest BCUT2D eigenvalue weighted by molar-refractivity contribution is 9.10. The van der Waals surface area contributed by atoms with Crippen molar-refractivity contribution in [3.63, 3.8) is 0 Å². The van der Waals surface area contributed by atoms with Crippen LogP contribution in [0, 0.1) is 0 Å². The molecule has 0 aromatic carbocycles. The van der Waals surface area contributed by atoms with Crippen LogP contribution in [0.4, 0.5) is 0 Å². The van der Waals surface area contributed by atoms with Gasteiger partial charge in [-0.15, -0.1) is 6.58 Å². The van der Waals surface area contributed by atoms with Gasteiger partial charge in [-0.3, -0.25) is 9.69 Å². The predicted molar refractivity (Wildman–Crippen MR) is 101 cm³/mol. The summed E-state index contributed by atoms with van der Waals surface area (Å²) in [7, 11) is 1.66. The van der Waals surface area contributed by atoms with Gasteiger partial charge in [0.05, 0.1) is 12.1 Å². The lowest BCUT2D eigenvalue weighted by atomic mass is 10.0. The Kier molecular flexibility index (Phi) is 5.98. The number of hydrogen-bond donors (Lipinski definition) is 1.